The molecule has 2 aromatic carbocycles. The van der Waals surface area contributed by atoms with Gasteiger partial charge >= 0.3 is 6.36 Å². The number of nitrogens with two attached hydrogens (primary N) is 1. The van der Waals surface area contributed by atoms with E-state index in [1.165, 1.54) is 12.1 Å². The van der Waals surface area contributed by atoms with E-state index in [-0.39, 0.29) is 16.8 Å². The summed E-state index contributed by atoms with van der Waals surface area (Å²) in [4.78, 5) is 0. The van der Waals surface area contributed by atoms with Gasteiger partial charge in [-0.2, -0.15) is 0 Å². The van der Waals surface area contributed by atoms with E-state index >= 15 is 0 Å². The fourth-order valence-corrected chi connectivity index (χ4v) is 4.14. The number of anilines is 1. The summed E-state index contributed by atoms with van der Waals surface area (Å²) >= 11 is 6.23. The monoisotopic (exact) mass is 453 g/mol. The molecule has 0 bridgehead atoms. The molecule has 31 heavy (non-hydrogen) atoms. The first-order valence-electron chi connectivity index (χ1n) is 10.0. The molecule has 1 saturated heterocycles. The third kappa shape index (κ3) is 4.92. The minimum absolute atomic E-state index is 0.0345. The van der Waals surface area contributed by atoms with E-state index in [0.29, 0.717) is 0 Å². The number of allylic oxidation sites excluding steroid dienone is 1. The Balaban J connectivity index is 1.64. The number of hydrazine groups is 1. The molecule has 0 aliphatic carbocycles. The number of hydrogen-bond acceptors (Lipinski definition) is 5. The Hall–Kier alpha value is -2.42. The maximum atomic E-state index is 12.5. The highest BCUT2D eigenvalue weighted by molar-refractivity contribution is 6.32. The van der Waals surface area contributed by atoms with Crippen LogP contribution in [0.2, 0.25) is 5.02 Å². The number of rotatable bonds is 4. The van der Waals surface area contributed by atoms with Gasteiger partial charge in [0.1, 0.15) is 11.5 Å². The molecular formula is C22H23ClF3N3O2. The van der Waals surface area contributed by atoms with Gasteiger partial charge in [-0.15, -0.1) is 13.2 Å². The van der Waals surface area contributed by atoms with Gasteiger partial charge in [0.2, 0.25) is 6.23 Å². The molecule has 166 valence electrons. The summed E-state index contributed by atoms with van der Waals surface area (Å²) in [6, 6.07) is 11.9. The fourth-order valence-electron chi connectivity index (χ4n) is 3.92. The molecule has 0 amide bonds. The Labute approximate surface area is 183 Å². The van der Waals surface area contributed by atoms with Crippen molar-refractivity contribution >= 4 is 22.9 Å². The molecule has 4 rings (SSSR count). The first-order chi connectivity index (χ1) is 14.7. The highest BCUT2D eigenvalue weighted by atomic mass is 35.5. The van der Waals surface area contributed by atoms with E-state index in [4.69, 9.17) is 22.1 Å². The van der Waals surface area contributed by atoms with Gasteiger partial charge in [-0.05, 0) is 49.6 Å². The average molecular weight is 454 g/mol. The summed E-state index contributed by atoms with van der Waals surface area (Å²) in [7, 11) is 0. The molecule has 1 atom stereocenters. The second kappa shape index (κ2) is 8.61. The average Bonchev–Trinajstić information content (AvgIpc) is 2.70. The van der Waals surface area contributed by atoms with Crippen molar-refractivity contribution in [1.29, 1.82) is 0 Å². The molecular weight excluding hydrogens is 431 g/mol. The Morgan fingerprint density at radius 1 is 1.10 bits per heavy atom. The molecule has 5 nitrogen and oxygen atoms in total. The Kier molecular flexibility index (Phi) is 6.05. The number of hydrogen-bond donors (Lipinski definition) is 1. The number of ether oxygens (including phenoxy) is 2. The van der Waals surface area contributed by atoms with E-state index in [1.54, 1.807) is 0 Å². The summed E-state index contributed by atoms with van der Waals surface area (Å²) in [6.45, 7) is 3.54. The summed E-state index contributed by atoms with van der Waals surface area (Å²) in [5.41, 5.74) is 9.21. The highest BCUT2D eigenvalue weighted by Gasteiger charge is 2.34. The minimum Gasteiger partial charge on any atom is -0.464 e. The van der Waals surface area contributed by atoms with Crippen molar-refractivity contribution in [3.8, 4) is 11.5 Å². The largest absolute Gasteiger partial charge is 0.573 e. The quantitative estimate of drug-likeness (QED) is 0.689. The summed E-state index contributed by atoms with van der Waals surface area (Å²) in [5.74, 6) is -0.129. The van der Waals surface area contributed by atoms with Crippen molar-refractivity contribution in [2.24, 2.45) is 5.73 Å². The first-order valence-corrected chi connectivity index (χ1v) is 10.4. The van der Waals surface area contributed by atoms with Gasteiger partial charge in [-0.1, -0.05) is 29.8 Å². The number of benzene rings is 2. The molecule has 2 N–H and O–H groups in total. The van der Waals surface area contributed by atoms with Crippen LogP contribution in [-0.2, 0) is 0 Å². The molecule has 2 heterocycles. The van der Waals surface area contributed by atoms with Crippen LogP contribution in [0.5, 0.6) is 11.5 Å². The van der Waals surface area contributed by atoms with Crippen LogP contribution in [0.1, 0.15) is 25.3 Å². The van der Waals surface area contributed by atoms with Crippen LogP contribution in [0.3, 0.4) is 0 Å². The maximum Gasteiger partial charge on any atom is 0.573 e. The predicted octanol–water partition coefficient (Wildman–Crippen LogP) is 5.21. The van der Waals surface area contributed by atoms with Gasteiger partial charge in [0.05, 0.1) is 10.7 Å². The molecule has 0 saturated carbocycles. The molecule has 1 unspecified atom stereocenters. The standard InChI is InChI=1S/C22H23ClF3N3O2/c1-14-12-21(30-20-7-6-16(13-18(20)23)31-22(24,25)26)29(19-5-3-2-4-17(14)19)28-10-8-15(27)9-11-28/h2-7,12-13,15,21H,8-11,27H2,1H3. The van der Waals surface area contributed by atoms with E-state index < -0.39 is 18.3 Å². The van der Waals surface area contributed by atoms with Crippen molar-refractivity contribution in [2.45, 2.75) is 38.4 Å². The molecule has 0 radical (unpaired) electrons. The molecule has 2 aliphatic heterocycles. The minimum atomic E-state index is -4.79. The molecule has 1 fully saturated rings. The molecule has 9 heteroatoms. The van der Waals surface area contributed by atoms with Crippen molar-refractivity contribution in [2.75, 3.05) is 18.1 Å². The van der Waals surface area contributed by atoms with Crippen LogP contribution in [0.4, 0.5) is 18.9 Å². The lowest BCUT2D eigenvalue weighted by atomic mass is 10.00. The molecule has 0 spiro atoms. The Bertz CT molecular complexity index is 975. The Morgan fingerprint density at radius 3 is 2.48 bits per heavy atom. The van der Waals surface area contributed by atoms with Crippen molar-refractivity contribution in [3.05, 3.63) is 59.1 Å². The number of para-hydroxylation sites is 1. The number of nitrogens with zero attached hydrogens (tertiary/aromatic N) is 2. The van der Waals surface area contributed by atoms with Gasteiger partial charge in [0.25, 0.3) is 0 Å². The van der Waals surface area contributed by atoms with E-state index in [1.807, 2.05) is 31.2 Å². The Morgan fingerprint density at radius 2 is 1.81 bits per heavy atom. The van der Waals surface area contributed by atoms with Crippen LogP contribution in [-0.4, -0.2) is 36.7 Å². The van der Waals surface area contributed by atoms with Gasteiger partial charge in [0, 0.05) is 30.8 Å². The number of alkyl halides is 3. The first kappa shape index (κ1) is 21.8. The highest BCUT2D eigenvalue weighted by Crippen LogP contribution is 2.38. The zero-order valence-electron chi connectivity index (χ0n) is 16.9. The molecule has 2 aliphatic rings. The molecule has 2 aromatic rings. The third-order valence-electron chi connectivity index (χ3n) is 5.41. The lowest BCUT2D eigenvalue weighted by Crippen LogP contribution is -2.56. The lowest BCUT2D eigenvalue weighted by Gasteiger charge is -2.46. The number of fused-ring (bicyclic) bond motifs is 1. The van der Waals surface area contributed by atoms with Crippen LogP contribution < -0.4 is 20.2 Å². The predicted molar refractivity (Wildman–Crippen MR) is 114 cm³/mol. The second-order valence-corrected chi connectivity index (χ2v) is 8.06. The third-order valence-corrected chi connectivity index (χ3v) is 5.71. The van der Waals surface area contributed by atoms with E-state index in [9.17, 15) is 13.2 Å². The van der Waals surface area contributed by atoms with Crippen LogP contribution in [0.25, 0.3) is 5.57 Å². The second-order valence-electron chi connectivity index (χ2n) is 7.65. The number of halogens is 4. The van der Waals surface area contributed by atoms with Crippen LogP contribution in [0.15, 0.2) is 48.5 Å². The van der Waals surface area contributed by atoms with Crippen molar-refractivity contribution in [3.63, 3.8) is 0 Å². The van der Waals surface area contributed by atoms with Crippen LogP contribution >= 0.6 is 11.6 Å². The summed E-state index contributed by atoms with van der Waals surface area (Å²) in [5, 5.41) is 4.31. The summed E-state index contributed by atoms with van der Waals surface area (Å²) in [6.07, 6.45) is -1.61. The van der Waals surface area contributed by atoms with Gasteiger partial charge < -0.3 is 15.2 Å². The van der Waals surface area contributed by atoms with Crippen LogP contribution in [0, 0.1) is 0 Å². The van der Waals surface area contributed by atoms with Gasteiger partial charge in [-0.25, -0.2) is 5.01 Å². The maximum absolute atomic E-state index is 12.5. The normalized spacial score (nSPS) is 20.3. The van der Waals surface area contributed by atoms with Crippen molar-refractivity contribution < 1.29 is 22.6 Å². The fraction of sp³-hybridized carbons (Fsp3) is 0.364. The SMILES string of the molecule is CC1=CC(Oc2ccc(OC(F)(F)F)cc2Cl)N(N2CCC(N)CC2)c2ccccc21. The lowest BCUT2D eigenvalue weighted by molar-refractivity contribution is -0.274. The topological polar surface area (TPSA) is 51.0 Å². The summed E-state index contributed by atoms with van der Waals surface area (Å²) < 4.78 is 47.6. The molecule has 0 aromatic heterocycles. The zero-order valence-corrected chi connectivity index (χ0v) is 17.7. The van der Waals surface area contributed by atoms with E-state index in [0.717, 1.165) is 48.8 Å². The number of piperidine rings is 1. The zero-order chi connectivity index (χ0) is 22.2. The van der Waals surface area contributed by atoms with Crippen molar-refractivity contribution in [1.82, 2.24) is 5.01 Å². The van der Waals surface area contributed by atoms with E-state index in [2.05, 4.69) is 20.8 Å². The van der Waals surface area contributed by atoms with Gasteiger partial charge in [0.15, 0.2) is 0 Å². The van der Waals surface area contributed by atoms with Gasteiger partial charge in [-0.3, -0.25) is 5.01 Å². The smallest absolute Gasteiger partial charge is 0.464 e.